The summed E-state index contributed by atoms with van der Waals surface area (Å²) in [7, 11) is 0. The van der Waals surface area contributed by atoms with Gasteiger partial charge >= 0.3 is 5.97 Å². The first-order valence-electron chi connectivity index (χ1n) is 6.41. The molecule has 0 bridgehead atoms. The van der Waals surface area contributed by atoms with Crippen molar-refractivity contribution < 1.29 is 9.90 Å². The second-order valence-electron chi connectivity index (χ2n) is 4.79. The van der Waals surface area contributed by atoms with Gasteiger partial charge in [-0.25, -0.2) is 4.98 Å². The van der Waals surface area contributed by atoms with Crippen molar-refractivity contribution in [3.8, 4) is 6.07 Å². The molecule has 0 spiro atoms. The van der Waals surface area contributed by atoms with Gasteiger partial charge in [0.1, 0.15) is 11.1 Å². The number of fused-ring (bicyclic) bond motifs is 1. The van der Waals surface area contributed by atoms with E-state index >= 15 is 0 Å². The van der Waals surface area contributed by atoms with Crippen molar-refractivity contribution in [2.75, 3.05) is 0 Å². The molecule has 0 radical (unpaired) electrons. The number of carbonyl (C=O) groups is 1. The molecule has 100 valence electrons. The summed E-state index contributed by atoms with van der Waals surface area (Å²) in [5, 5.41) is 18.6. The number of pyridine rings is 1. The Hall–Kier alpha value is -1.54. The van der Waals surface area contributed by atoms with Gasteiger partial charge in [-0.15, -0.1) is 11.8 Å². The van der Waals surface area contributed by atoms with Crippen LogP contribution in [0.1, 0.15) is 43.0 Å². The molecular formula is C14H16N2O2S. The predicted octanol–water partition coefficient (Wildman–Crippen LogP) is 2.79. The number of nitriles is 1. The minimum Gasteiger partial charge on any atom is -0.481 e. The topological polar surface area (TPSA) is 74.0 Å². The zero-order chi connectivity index (χ0) is 13.8. The van der Waals surface area contributed by atoms with Crippen molar-refractivity contribution >= 4 is 17.7 Å². The van der Waals surface area contributed by atoms with Crippen LogP contribution >= 0.6 is 11.8 Å². The van der Waals surface area contributed by atoms with E-state index in [0.29, 0.717) is 10.6 Å². The molecule has 0 aliphatic heterocycles. The lowest BCUT2D eigenvalue weighted by atomic mass is 9.95. The maximum Gasteiger partial charge on any atom is 0.304 e. The standard InChI is InChI=1S/C14H16N2O2S/c1-9(6-13(17)18)19-14-11(8-15)7-10-4-2-3-5-12(10)16-14/h7,9H,2-6H2,1H3,(H,17,18). The molecule has 1 unspecified atom stereocenters. The minimum atomic E-state index is -0.823. The number of aromatic nitrogens is 1. The van der Waals surface area contributed by atoms with E-state index in [0.717, 1.165) is 31.4 Å². The molecule has 1 aliphatic rings. The van der Waals surface area contributed by atoms with Crippen LogP contribution in [0.2, 0.25) is 0 Å². The van der Waals surface area contributed by atoms with Crippen molar-refractivity contribution in [2.45, 2.75) is 49.3 Å². The summed E-state index contributed by atoms with van der Waals surface area (Å²) in [4.78, 5) is 15.3. The Kier molecular flexibility index (Phi) is 4.43. The fourth-order valence-electron chi connectivity index (χ4n) is 2.26. The first kappa shape index (κ1) is 13.9. The fraction of sp³-hybridized carbons (Fsp3) is 0.500. The van der Waals surface area contributed by atoms with E-state index in [1.807, 2.05) is 13.0 Å². The fourth-order valence-corrected chi connectivity index (χ4v) is 3.26. The molecule has 1 aliphatic carbocycles. The van der Waals surface area contributed by atoms with Crippen LogP contribution in [0.15, 0.2) is 11.1 Å². The van der Waals surface area contributed by atoms with E-state index in [1.54, 1.807) is 0 Å². The Morgan fingerprint density at radius 1 is 1.58 bits per heavy atom. The zero-order valence-electron chi connectivity index (χ0n) is 10.8. The van der Waals surface area contributed by atoms with Gasteiger partial charge in [-0.1, -0.05) is 6.92 Å². The molecule has 0 amide bonds. The molecule has 5 heteroatoms. The number of thioether (sulfide) groups is 1. The average Bonchev–Trinajstić information content (AvgIpc) is 2.36. The summed E-state index contributed by atoms with van der Waals surface area (Å²) in [5.41, 5.74) is 2.83. The quantitative estimate of drug-likeness (QED) is 0.856. The van der Waals surface area contributed by atoms with Crippen LogP contribution in [0, 0.1) is 11.3 Å². The smallest absolute Gasteiger partial charge is 0.304 e. The van der Waals surface area contributed by atoms with Gasteiger partial charge in [-0.2, -0.15) is 5.26 Å². The van der Waals surface area contributed by atoms with Crippen molar-refractivity contribution in [3.63, 3.8) is 0 Å². The van der Waals surface area contributed by atoms with Gasteiger partial charge in [0.05, 0.1) is 12.0 Å². The number of aliphatic carboxylic acids is 1. The predicted molar refractivity (Wildman–Crippen MR) is 73.2 cm³/mol. The first-order chi connectivity index (χ1) is 9.10. The second kappa shape index (κ2) is 6.07. The Labute approximate surface area is 116 Å². The highest BCUT2D eigenvalue weighted by Crippen LogP contribution is 2.30. The number of hydrogen-bond donors (Lipinski definition) is 1. The molecule has 0 saturated carbocycles. The monoisotopic (exact) mass is 276 g/mol. The molecular weight excluding hydrogens is 260 g/mol. The van der Waals surface area contributed by atoms with Gasteiger partial charge < -0.3 is 5.11 Å². The molecule has 1 atom stereocenters. The van der Waals surface area contributed by atoms with Crippen LogP contribution in [-0.2, 0) is 17.6 Å². The normalized spacial score (nSPS) is 15.4. The maximum absolute atomic E-state index is 10.7. The third-order valence-corrected chi connectivity index (χ3v) is 4.26. The number of carboxylic acids is 1. The molecule has 0 aromatic carbocycles. The minimum absolute atomic E-state index is 0.0777. The van der Waals surface area contributed by atoms with Crippen LogP contribution in [0.25, 0.3) is 0 Å². The number of aryl methyl sites for hydroxylation is 2. The van der Waals surface area contributed by atoms with Crippen LogP contribution < -0.4 is 0 Å². The van der Waals surface area contributed by atoms with Crippen LogP contribution in [0.5, 0.6) is 0 Å². The van der Waals surface area contributed by atoms with E-state index in [2.05, 4.69) is 11.1 Å². The molecule has 1 aromatic rings. The van der Waals surface area contributed by atoms with E-state index < -0.39 is 5.97 Å². The summed E-state index contributed by atoms with van der Waals surface area (Å²) in [6, 6.07) is 4.10. The molecule has 1 heterocycles. The summed E-state index contributed by atoms with van der Waals surface area (Å²) in [5.74, 6) is -0.823. The zero-order valence-corrected chi connectivity index (χ0v) is 11.7. The number of rotatable bonds is 4. The number of carboxylic acid groups (broad SMARTS) is 1. The van der Waals surface area contributed by atoms with Gasteiger partial charge in [-0.3, -0.25) is 4.79 Å². The van der Waals surface area contributed by atoms with Gasteiger partial charge in [0, 0.05) is 10.9 Å². The van der Waals surface area contributed by atoms with Crippen molar-refractivity contribution in [3.05, 3.63) is 22.9 Å². The lowest BCUT2D eigenvalue weighted by Gasteiger charge is -2.17. The van der Waals surface area contributed by atoms with E-state index in [-0.39, 0.29) is 11.7 Å². The van der Waals surface area contributed by atoms with E-state index in [4.69, 9.17) is 5.11 Å². The molecule has 19 heavy (non-hydrogen) atoms. The van der Waals surface area contributed by atoms with Crippen LogP contribution in [0.4, 0.5) is 0 Å². The average molecular weight is 276 g/mol. The first-order valence-corrected chi connectivity index (χ1v) is 7.29. The highest BCUT2D eigenvalue weighted by atomic mass is 32.2. The SMILES string of the molecule is CC(CC(=O)O)Sc1nc2c(cc1C#N)CCCC2. The van der Waals surface area contributed by atoms with Gasteiger partial charge in [0.2, 0.25) is 0 Å². The summed E-state index contributed by atoms with van der Waals surface area (Å²) in [6.07, 6.45) is 4.32. The molecule has 1 N–H and O–H groups in total. The summed E-state index contributed by atoms with van der Waals surface area (Å²) < 4.78 is 0. The highest BCUT2D eigenvalue weighted by Gasteiger charge is 2.18. The van der Waals surface area contributed by atoms with Gasteiger partial charge in [0.25, 0.3) is 0 Å². The summed E-state index contributed by atoms with van der Waals surface area (Å²) in [6.45, 7) is 1.85. The van der Waals surface area contributed by atoms with Crippen molar-refractivity contribution in [1.29, 1.82) is 5.26 Å². The number of nitrogens with zero attached hydrogens (tertiary/aromatic N) is 2. The highest BCUT2D eigenvalue weighted by molar-refractivity contribution is 7.99. The molecule has 0 saturated heterocycles. The van der Waals surface area contributed by atoms with Crippen molar-refractivity contribution in [2.24, 2.45) is 0 Å². The lowest BCUT2D eigenvalue weighted by Crippen LogP contribution is -2.10. The van der Waals surface area contributed by atoms with Gasteiger partial charge in [0.15, 0.2) is 0 Å². The van der Waals surface area contributed by atoms with Gasteiger partial charge in [-0.05, 0) is 37.3 Å². The lowest BCUT2D eigenvalue weighted by molar-refractivity contribution is -0.136. The Bertz CT molecular complexity index is 537. The third kappa shape index (κ3) is 3.48. The second-order valence-corrected chi connectivity index (χ2v) is 6.22. The maximum atomic E-state index is 10.7. The Morgan fingerprint density at radius 2 is 2.32 bits per heavy atom. The van der Waals surface area contributed by atoms with Crippen molar-refractivity contribution in [1.82, 2.24) is 4.98 Å². The van der Waals surface area contributed by atoms with Crippen LogP contribution in [-0.4, -0.2) is 21.3 Å². The molecule has 0 fully saturated rings. The molecule has 1 aromatic heterocycles. The van der Waals surface area contributed by atoms with Crippen LogP contribution in [0.3, 0.4) is 0 Å². The summed E-state index contributed by atoms with van der Waals surface area (Å²) >= 11 is 1.38. The number of hydrogen-bond acceptors (Lipinski definition) is 4. The third-order valence-electron chi connectivity index (χ3n) is 3.16. The Morgan fingerprint density at radius 3 is 3.00 bits per heavy atom. The van der Waals surface area contributed by atoms with E-state index in [9.17, 15) is 10.1 Å². The molecule has 4 nitrogen and oxygen atoms in total. The largest absolute Gasteiger partial charge is 0.481 e. The Balaban J connectivity index is 2.24. The van der Waals surface area contributed by atoms with E-state index in [1.165, 1.54) is 17.3 Å². The molecule has 2 rings (SSSR count).